The van der Waals surface area contributed by atoms with E-state index in [1.807, 2.05) is 6.26 Å². The zero-order valence-electron chi connectivity index (χ0n) is 10.5. The number of aryl methyl sites for hydroxylation is 1. The molecule has 18 heavy (non-hydrogen) atoms. The minimum atomic E-state index is 0.990. The summed E-state index contributed by atoms with van der Waals surface area (Å²) in [5.41, 5.74) is 2.30. The van der Waals surface area contributed by atoms with E-state index >= 15 is 0 Å². The summed E-state index contributed by atoms with van der Waals surface area (Å²) < 4.78 is 5.66. The molecule has 1 aromatic heterocycles. The maximum atomic E-state index is 5.66. The van der Waals surface area contributed by atoms with E-state index in [2.05, 4.69) is 55.5 Å². The largest absolute Gasteiger partial charge is 0.464 e. The van der Waals surface area contributed by atoms with Gasteiger partial charge in [0, 0.05) is 5.39 Å². The van der Waals surface area contributed by atoms with Gasteiger partial charge in [0.2, 0.25) is 0 Å². The minimum Gasteiger partial charge on any atom is -0.464 e. The highest BCUT2D eigenvalue weighted by Crippen LogP contribution is 2.30. The Morgan fingerprint density at radius 1 is 1.11 bits per heavy atom. The summed E-state index contributed by atoms with van der Waals surface area (Å²) >= 11 is 0. The fourth-order valence-electron chi connectivity index (χ4n) is 2.46. The van der Waals surface area contributed by atoms with Gasteiger partial charge >= 0.3 is 0 Å². The van der Waals surface area contributed by atoms with Crippen LogP contribution in [-0.4, -0.2) is 0 Å². The zero-order chi connectivity index (χ0) is 12.4. The van der Waals surface area contributed by atoms with Gasteiger partial charge in [-0.15, -0.1) is 0 Å². The van der Waals surface area contributed by atoms with E-state index in [0.29, 0.717) is 0 Å². The van der Waals surface area contributed by atoms with Crippen LogP contribution in [0.3, 0.4) is 0 Å². The number of hydrogen-bond acceptors (Lipinski definition) is 1. The van der Waals surface area contributed by atoms with E-state index in [4.69, 9.17) is 4.42 Å². The molecule has 90 valence electrons. The van der Waals surface area contributed by atoms with Crippen LogP contribution >= 0.6 is 0 Å². The van der Waals surface area contributed by atoms with Gasteiger partial charge < -0.3 is 4.42 Å². The maximum absolute atomic E-state index is 5.66. The van der Waals surface area contributed by atoms with Gasteiger partial charge in [-0.3, -0.25) is 0 Å². The highest BCUT2D eigenvalue weighted by Gasteiger charge is 2.08. The molecular formula is C17H16O. The molecule has 0 aliphatic heterocycles. The first kappa shape index (κ1) is 11.1. The zero-order valence-corrected chi connectivity index (χ0v) is 10.5. The third-order valence-electron chi connectivity index (χ3n) is 3.36. The molecule has 1 heteroatoms. The van der Waals surface area contributed by atoms with Crippen LogP contribution in [0.25, 0.3) is 21.7 Å². The number of fused-ring (bicyclic) bond motifs is 3. The van der Waals surface area contributed by atoms with Gasteiger partial charge in [-0.05, 0) is 42.2 Å². The summed E-state index contributed by atoms with van der Waals surface area (Å²) in [5, 5.41) is 3.84. The summed E-state index contributed by atoms with van der Waals surface area (Å²) in [5.74, 6) is 0. The molecule has 0 amide bonds. The molecule has 0 aliphatic carbocycles. The van der Waals surface area contributed by atoms with Crippen LogP contribution in [0.15, 0.2) is 59.2 Å². The highest BCUT2D eigenvalue weighted by atomic mass is 16.3. The van der Waals surface area contributed by atoms with E-state index < -0.39 is 0 Å². The number of allylic oxidation sites excluding steroid dienone is 2. The Labute approximate surface area is 107 Å². The van der Waals surface area contributed by atoms with Gasteiger partial charge in [-0.2, -0.15) is 0 Å². The first-order valence-corrected chi connectivity index (χ1v) is 6.39. The summed E-state index contributed by atoms with van der Waals surface area (Å²) in [7, 11) is 0. The van der Waals surface area contributed by atoms with Crippen molar-refractivity contribution in [3.8, 4) is 0 Å². The molecular weight excluding hydrogens is 220 g/mol. The smallest absolute Gasteiger partial charge is 0.134 e. The van der Waals surface area contributed by atoms with Gasteiger partial charge in [0.15, 0.2) is 0 Å². The third kappa shape index (κ3) is 1.82. The van der Waals surface area contributed by atoms with Gasteiger partial charge in [-0.1, -0.05) is 42.5 Å². The van der Waals surface area contributed by atoms with Crippen LogP contribution in [0, 0.1) is 0 Å². The quantitative estimate of drug-likeness (QED) is 0.577. The molecule has 0 aliphatic rings. The monoisotopic (exact) mass is 236 g/mol. The summed E-state index contributed by atoms with van der Waals surface area (Å²) in [4.78, 5) is 0. The second-order valence-corrected chi connectivity index (χ2v) is 4.53. The Kier molecular flexibility index (Phi) is 2.89. The van der Waals surface area contributed by atoms with Crippen molar-refractivity contribution in [2.24, 2.45) is 0 Å². The van der Waals surface area contributed by atoms with Crippen LogP contribution in [0.5, 0.6) is 0 Å². The Hall–Kier alpha value is -2.02. The van der Waals surface area contributed by atoms with Crippen LogP contribution < -0.4 is 0 Å². The molecule has 0 N–H and O–H groups in total. The molecule has 3 rings (SSSR count). The molecule has 0 atom stereocenters. The Morgan fingerprint density at radius 2 is 2.00 bits per heavy atom. The van der Waals surface area contributed by atoms with Crippen molar-refractivity contribution in [1.29, 1.82) is 0 Å². The number of hydrogen-bond donors (Lipinski definition) is 0. The summed E-state index contributed by atoms with van der Waals surface area (Å²) in [6.07, 6.45) is 8.30. The molecule has 0 saturated heterocycles. The molecule has 1 heterocycles. The fraction of sp³-hybridized carbons (Fsp3) is 0.176. The number of furan rings is 1. The average molecular weight is 236 g/mol. The maximum Gasteiger partial charge on any atom is 0.134 e. The van der Waals surface area contributed by atoms with Crippen molar-refractivity contribution in [3.05, 3.63) is 60.4 Å². The second kappa shape index (κ2) is 4.69. The molecule has 0 radical (unpaired) electrons. The first-order valence-electron chi connectivity index (χ1n) is 6.39. The Bertz CT molecular complexity index is 704. The number of benzene rings is 2. The van der Waals surface area contributed by atoms with Crippen molar-refractivity contribution < 1.29 is 4.42 Å². The van der Waals surface area contributed by atoms with Crippen LogP contribution in [0.1, 0.15) is 18.9 Å². The standard InChI is InChI=1S/C17H16O/c1-2-3-4-8-14-12-18-16-11-10-13-7-5-6-9-15(13)17(14)16/h2-3,5-7,9-12H,4,8H2,1H3. The average Bonchev–Trinajstić information content (AvgIpc) is 2.83. The molecule has 0 fully saturated rings. The number of rotatable bonds is 3. The first-order chi connectivity index (χ1) is 8.90. The highest BCUT2D eigenvalue weighted by molar-refractivity contribution is 6.07. The van der Waals surface area contributed by atoms with Crippen molar-refractivity contribution in [2.75, 3.05) is 0 Å². The second-order valence-electron chi connectivity index (χ2n) is 4.53. The molecule has 2 aromatic carbocycles. The molecule has 0 saturated carbocycles. The van der Waals surface area contributed by atoms with E-state index in [1.165, 1.54) is 21.7 Å². The van der Waals surface area contributed by atoms with E-state index in [-0.39, 0.29) is 0 Å². The molecule has 0 bridgehead atoms. The Morgan fingerprint density at radius 3 is 2.89 bits per heavy atom. The minimum absolute atomic E-state index is 0.990. The fourth-order valence-corrected chi connectivity index (χ4v) is 2.46. The van der Waals surface area contributed by atoms with Crippen LogP contribution in [0.2, 0.25) is 0 Å². The molecule has 0 unspecified atom stereocenters. The SMILES string of the molecule is CC=CCCc1coc2ccc3ccccc3c12. The van der Waals surface area contributed by atoms with E-state index in [0.717, 1.165) is 18.4 Å². The predicted octanol–water partition coefficient (Wildman–Crippen LogP) is 5.09. The normalized spacial score (nSPS) is 11.8. The third-order valence-corrected chi connectivity index (χ3v) is 3.36. The van der Waals surface area contributed by atoms with E-state index in [9.17, 15) is 0 Å². The summed E-state index contributed by atoms with van der Waals surface area (Å²) in [6.45, 7) is 2.06. The van der Waals surface area contributed by atoms with Crippen molar-refractivity contribution in [3.63, 3.8) is 0 Å². The molecule has 0 spiro atoms. The van der Waals surface area contributed by atoms with Gasteiger partial charge in [-0.25, -0.2) is 0 Å². The lowest BCUT2D eigenvalue weighted by Crippen LogP contribution is -1.82. The lowest BCUT2D eigenvalue weighted by Gasteiger charge is -2.01. The van der Waals surface area contributed by atoms with Crippen LogP contribution in [-0.2, 0) is 6.42 Å². The van der Waals surface area contributed by atoms with Crippen molar-refractivity contribution in [1.82, 2.24) is 0 Å². The van der Waals surface area contributed by atoms with Crippen LogP contribution in [0.4, 0.5) is 0 Å². The van der Waals surface area contributed by atoms with E-state index in [1.54, 1.807) is 0 Å². The summed E-state index contributed by atoms with van der Waals surface area (Å²) in [6, 6.07) is 12.7. The molecule has 1 nitrogen and oxygen atoms in total. The predicted molar refractivity (Wildman–Crippen MR) is 76.9 cm³/mol. The van der Waals surface area contributed by atoms with Crippen molar-refractivity contribution in [2.45, 2.75) is 19.8 Å². The van der Waals surface area contributed by atoms with Gasteiger partial charge in [0.1, 0.15) is 5.58 Å². The molecule has 3 aromatic rings. The lowest BCUT2D eigenvalue weighted by atomic mass is 10.0. The van der Waals surface area contributed by atoms with Crippen molar-refractivity contribution >= 4 is 21.7 Å². The topological polar surface area (TPSA) is 13.1 Å². The lowest BCUT2D eigenvalue weighted by molar-refractivity contribution is 0.610. The van der Waals surface area contributed by atoms with Gasteiger partial charge in [0.05, 0.1) is 6.26 Å². The Balaban J connectivity index is 2.17. The van der Waals surface area contributed by atoms with Gasteiger partial charge in [0.25, 0.3) is 0 Å².